The number of hydrogen-bond donors (Lipinski definition) is 0. The number of aromatic nitrogens is 3. The number of hydrogen-bond acceptors (Lipinski definition) is 3. The second-order valence-electron chi connectivity index (χ2n) is 14.7. The Kier molecular flexibility index (Phi) is 27.3. The average Bonchev–Trinajstić information content (AvgIpc) is 3.48. The lowest BCUT2D eigenvalue weighted by Crippen LogP contribution is -2.29. The first-order valence-electron chi connectivity index (χ1n) is 21.1. The molecule has 0 saturated heterocycles. The molecular weight excluding hydrogens is 585 g/mol. The van der Waals surface area contributed by atoms with Crippen molar-refractivity contribution in [3.05, 3.63) is 48.1 Å². The Morgan fingerprint density at radius 3 is 1.35 bits per heavy atom. The number of unbranched alkanes of at least 4 members (excludes halogenated alkanes) is 24. The standard InChI is InChI=1S/C44H78N4/c1-4-6-8-10-12-14-16-18-20-22-24-26-28-30-32-34-38-47(41-48-44-37-36-42(3)40-43(44)45-46-48)39-35-33-31-29-27-25-23-21-19-17-15-13-11-9-7-5-2/h18-21,36-37,40H,4-17,22-35,38-39,41H2,1-3H3/b20-18-,21-19-. The van der Waals surface area contributed by atoms with Crippen LogP contribution in [0, 0.1) is 6.92 Å². The number of nitrogens with zero attached hydrogens (tertiary/aromatic N) is 4. The van der Waals surface area contributed by atoms with Crippen LogP contribution >= 0.6 is 0 Å². The highest BCUT2D eigenvalue weighted by Gasteiger charge is 2.10. The van der Waals surface area contributed by atoms with Crippen molar-refractivity contribution in [2.24, 2.45) is 0 Å². The van der Waals surface area contributed by atoms with Crippen molar-refractivity contribution in [1.82, 2.24) is 19.9 Å². The summed E-state index contributed by atoms with van der Waals surface area (Å²) in [5.41, 5.74) is 3.43. The van der Waals surface area contributed by atoms with Crippen LogP contribution < -0.4 is 0 Å². The molecule has 0 amide bonds. The van der Waals surface area contributed by atoms with Gasteiger partial charge in [0.05, 0.1) is 12.2 Å². The summed E-state index contributed by atoms with van der Waals surface area (Å²) in [6, 6.07) is 6.53. The van der Waals surface area contributed by atoms with E-state index in [0.29, 0.717) is 0 Å². The Morgan fingerprint density at radius 1 is 0.521 bits per heavy atom. The van der Waals surface area contributed by atoms with E-state index < -0.39 is 0 Å². The van der Waals surface area contributed by atoms with Crippen molar-refractivity contribution < 1.29 is 0 Å². The fourth-order valence-corrected chi connectivity index (χ4v) is 6.80. The van der Waals surface area contributed by atoms with Gasteiger partial charge >= 0.3 is 0 Å². The maximum Gasteiger partial charge on any atom is 0.113 e. The first-order valence-corrected chi connectivity index (χ1v) is 21.1. The fraction of sp³-hybridized carbons (Fsp3) is 0.773. The van der Waals surface area contributed by atoms with Gasteiger partial charge in [0.2, 0.25) is 0 Å². The predicted molar refractivity (Wildman–Crippen MR) is 213 cm³/mol. The van der Waals surface area contributed by atoms with Gasteiger partial charge < -0.3 is 0 Å². The Hall–Kier alpha value is -1.94. The SMILES string of the molecule is CCCCCCCC/C=C\CCCCCCCCN(CCCCCCCC/C=C\CCCCCCCC)Cn1nnc2cc(C)ccc21. The summed E-state index contributed by atoms with van der Waals surface area (Å²) in [6.45, 7) is 9.91. The molecule has 274 valence electrons. The van der Waals surface area contributed by atoms with Gasteiger partial charge in [-0.3, -0.25) is 4.90 Å². The van der Waals surface area contributed by atoms with E-state index in [2.05, 4.69) is 83.2 Å². The molecule has 1 aromatic carbocycles. The lowest BCUT2D eigenvalue weighted by Gasteiger charge is -2.22. The van der Waals surface area contributed by atoms with Crippen LogP contribution in [0.5, 0.6) is 0 Å². The van der Waals surface area contributed by atoms with Crippen LogP contribution in [-0.2, 0) is 6.67 Å². The van der Waals surface area contributed by atoms with Crippen molar-refractivity contribution >= 4 is 11.0 Å². The zero-order chi connectivity index (χ0) is 34.2. The molecule has 0 fully saturated rings. The van der Waals surface area contributed by atoms with Gasteiger partial charge in [-0.1, -0.05) is 165 Å². The lowest BCUT2D eigenvalue weighted by molar-refractivity contribution is 0.199. The minimum absolute atomic E-state index is 0.857. The van der Waals surface area contributed by atoms with E-state index in [-0.39, 0.29) is 0 Å². The van der Waals surface area contributed by atoms with E-state index >= 15 is 0 Å². The lowest BCUT2D eigenvalue weighted by atomic mass is 10.1. The number of fused-ring (bicyclic) bond motifs is 1. The number of aryl methyl sites for hydroxylation is 1. The maximum atomic E-state index is 4.54. The Labute approximate surface area is 298 Å². The monoisotopic (exact) mass is 663 g/mol. The van der Waals surface area contributed by atoms with E-state index in [1.807, 2.05) is 0 Å². The molecule has 1 heterocycles. The molecule has 0 aliphatic heterocycles. The van der Waals surface area contributed by atoms with Crippen molar-refractivity contribution in [2.75, 3.05) is 13.1 Å². The molecule has 0 N–H and O–H groups in total. The first kappa shape index (κ1) is 42.2. The quantitative estimate of drug-likeness (QED) is 0.0552. The minimum atomic E-state index is 0.857. The third-order valence-corrected chi connectivity index (χ3v) is 9.98. The molecule has 0 unspecified atom stereocenters. The molecule has 4 heteroatoms. The fourth-order valence-electron chi connectivity index (χ4n) is 6.80. The van der Waals surface area contributed by atoms with E-state index in [9.17, 15) is 0 Å². The van der Waals surface area contributed by atoms with Crippen molar-refractivity contribution in [2.45, 2.75) is 207 Å². The van der Waals surface area contributed by atoms with E-state index in [4.69, 9.17) is 0 Å². The van der Waals surface area contributed by atoms with Crippen molar-refractivity contribution in [3.63, 3.8) is 0 Å². The van der Waals surface area contributed by atoms with E-state index in [1.165, 1.54) is 198 Å². The van der Waals surface area contributed by atoms with E-state index in [1.54, 1.807) is 0 Å². The van der Waals surface area contributed by atoms with Crippen LogP contribution in [0.4, 0.5) is 0 Å². The second-order valence-corrected chi connectivity index (χ2v) is 14.7. The summed E-state index contributed by atoms with van der Waals surface area (Å²) >= 11 is 0. The number of benzene rings is 1. The molecule has 48 heavy (non-hydrogen) atoms. The minimum Gasteiger partial charge on any atom is -0.284 e. The highest BCUT2D eigenvalue weighted by molar-refractivity contribution is 5.74. The molecule has 1 aromatic heterocycles. The van der Waals surface area contributed by atoms with Crippen LogP contribution in [0.1, 0.15) is 199 Å². The Morgan fingerprint density at radius 2 is 0.917 bits per heavy atom. The molecule has 0 aliphatic rings. The molecule has 2 rings (SSSR count). The predicted octanol–water partition coefficient (Wildman–Crippen LogP) is 14.1. The molecule has 0 saturated carbocycles. The largest absolute Gasteiger partial charge is 0.284 e. The maximum absolute atomic E-state index is 4.54. The zero-order valence-electron chi connectivity index (χ0n) is 32.3. The smallest absolute Gasteiger partial charge is 0.113 e. The average molecular weight is 663 g/mol. The van der Waals surface area contributed by atoms with Gasteiger partial charge in [0.15, 0.2) is 0 Å². The summed E-state index contributed by atoms with van der Waals surface area (Å²) in [5, 5.41) is 9.01. The third-order valence-electron chi connectivity index (χ3n) is 9.98. The molecule has 0 atom stereocenters. The molecule has 0 aliphatic carbocycles. The van der Waals surface area contributed by atoms with Crippen molar-refractivity contribution in [3.8, 4) is 0 Å². The highest BCUT2D eigenvalue weighted by atomic mass is 15.5. The molecule has 4 nitrogen and oxygen atoms in total. The van der Waals surface area contributed by atoms with Crippen LogP contribution in [0.2, 0.25) is 0 Å². The molecule has 0 radical (unpaired) electrons. The second kappa shape index (κ2) is 31.1. The molecule has 0 bridgehead atoms. The molecule has 2 aromatic rings. The van der Waals surface area contributed by atoms with Gasteiger partial charge in [0, 0.05) is 0 Å². The van der Waals surface area contributed by atoms with Gasteiger partial charge in [-0.2, -0.15) is 0 Å². The van der Waals surface area contributed by atoms with Gasteiger partial charge in [-0.25, -0.2) is 4.68 Å². The first-order chi connectivity index (χ1) is 23.7. The van der Waals surface area contributed by atoms with Crippen LogP contribution in [0.15, 0.2) is 42.5 Å². The van der Waals surface area contributed by atoms with Gasteiger partial charge in [-0.15, -0.1) is 5.10 Å². The van der Waals surface area contributed by atoms with Gasteiger partial charge in [0.1, 0.15) is 5.52 Å². The van der Waals surface area contributed by atoms with Crippen LogP contribution in [0.25, 0.3) is 11.0 Å². The summed E-state index contributed by atoms with van der Waals surface area (Å²) in [5.74, 6) is 0. The molecule has 0 spiro atoms. The van der Waals surface area contributed by atoms with E-state index in [0.717, 1.165) is 17.7 Å². The highest BCUT2D eigenvalue weighted by Crippen LogP contribution is 2.16. The normalized spacial score (nSPS) is 12.2. The summed E-state index contributed by atoms with van der Waals surface area (Å²) in [6.07, 6.45) is 47.9. The topological polar surface area (TPSA) is 34.0 Å². The van der Waals surface area contributed by atoms with Gasteiger partial charge in [-0.05, 0) is 102 Å². The van der Waals surface area contributed by atoms with Gasteiger partial charge in [0.25, 0.3) is 0 Å². The van der Waals surface area contributed by atoms with Crippen LogP contribution in [0.3, 0.4) is 0 Å². The zero-order valence-corrected chi connectivity index (χ0v) is 32.3. The summed E-state index contributed by atoms with van der Waals surface area (Å²) in [7, 11) is 0. The summed E-state index contributed by atoms with van der Waals surface area (Å²) < 4.78 is 2.12. The third kappa shape index (κ3) is 22.6. The number of allylic oxidation sites excluding steroid dienone is 4. The summed E-state index contributed by atoms with van der Waals surface area (Å²) in [4.78, 5) is 2.64. The molecular formula is C44H78N4. The number of rotatable bonds is 34. The van der Waals surface area contributed by atoms with Crippen molar-refractivity contribution in [1.29, 1.82) is 0 Å². The Balaban J connectivity index is 1.56. The van der Waals surface area contributed by atoms with Crippen LogP contribution in [-0.4, -0.2) is 33.0 Å². The Bertz CT molecular complexity index is 996.